The number of hydrogen-bond donors (Lipinski definition) is 1. The molecule has 2 heteroatoms. The Kier molecular flexibility index (Phi) is 2.51. The molecule has 1 nitrogen and oxygen atoms in total. The van der Waals surface area contributed by atoms with Crippen LogP contribution in [0.5, 0.6) is 0 Å². The Labute approximate surface area is 90.5 Å². The number of rotatable bonds is 1. The van der Waals surface area contributed by atoms with E-state index >= 15 is 0 Å². The second-order valence-corrected chi connectivity index (χ2v) is 4.07. The molecule has 2 rings (SSSR count). The summed E-state index contributed by atoms with van der Waals surface area (Å²) in [7, 11) is 0. The summed E-state index contributed by atoms with van der Waals surface area (Å²) in [5, 5.41) is 11.5. The second kappa shape index (κ2) is 3.64. The van der Waals surface area contributed by atoms with Crippen LogP contribution in [0.2, 0.25) is 0 Å². The molecule has 13 heavy (non-hydrogen) atoms. The Morgan fingerprint density at radius 2 is 1.69 bits per heavy atom. The SMILES string of the molecule is OCc1ccc(I)c2ccccc12. The Hall–Kier alpha value is -0.610. The van der Waals surface area contributed by atoms with Crippen LogP contribution in [0.1, 0.15) is 5.56 Å². The number of benzene rings is 2. The minimum Gasteiger partial charge on any atom is -0.392 e. The van der Waals surface area contributed by atoms with Crippen LogP contribution in [0.4, 0.5) is 0 Å². The number of aliphatic hydroxyl groups excluding tert-OH is 1. The highest BCUT2D eigenvalue weighted by molar-refractivity contribution is 14.1. The summed E-state index contributed by atoms with van der Waals surface area (Å²) in [5.41, 5.74) is 0.996. The maximum absolute atomic E-state index is 9.12. The van der Waals surface area contributed by atoms with E-state index in [2.05, 4.69) is 28.7 Å². The minimum absolute atomic E-state index is 0.109. The van der Waals surface area contributed by atoms with E-state index in [9.17, 15) is 0 Å². The summed E-state index contributed by atoms with van der Waals surface area (Å²) in [5.74, 6) is 0. The summed E-state index contributed by atoms with van der Waals surface area (Å²) in [6, 6.07) is 12.2. The monoisotopic (exact) mass is 284 g/mol. The standard InChI is InChI=1S/C11H9IO/c12-11-6-5-8(7-13)9-3-1-2-4-10(9)11/h1-6,13H,7H2. The fraction of sp³-hybridized carbons (Fsp3) is 0.0909. The van der Waals surface area contributed by atoms with Gasteiger partial charge in [-0.25, -0.2) is 0 Å². The molecule has 0 aliphatic carbocycles. The molecule has 0 bridgehead atoms. The van der Waals surface area contributed by atoms with Gasteiger partial charge in [0, 0.05) is 3.57 Å². The molecule has 0 aromatic heterocycles. The summed E-state index contributed by atoms with van der Waals surface area (Å²) >= 11 is 2.31. The summed E-state index contributed by atoms with van der Waals surface area (Å²) in [6.45, 7) is 0.109. The molecule has 0 heterocycles. The molecule has 0 aliphatic rings. The smallest absolute Gasteiger partial charge is 0.0687 e. The third-order valence-electron chi connectivity index (χ3n) is 2.13. The van der Waals surface area contributed by atoms with Crippen LogP contribution < -0.4 is 0 Å². The number of aliphatic hydroxyl groups is 1. The van der Waals surface area contributed by atoms with Crippen LogP contribution in [0.25, 0.3) is 10.8 Å². The second-order valence-electron chi connectivity index (χ2n) is 2.91. The van der Waals surface area contributed by atoms with Gasteiger partial charge in [0.25, 0.3) is 0 Å². The zero-order valence-corrected chi connectivity index (χ0v) is 9.15. The van der Waals surface area contributed by atoms with E-state index in [1.54, 1.807) is 0 Å². The molecule has 0 spiro atoms. The Balaban J connectivity index is 2.84. The van der Waals surface area contributed by atoms with Gasteiger partial charge in [0.1, 0.15) is 0 Å². The van der Waals surface area contributed by atoms with Crippen molar-refractivity contribution in [1.29, 1.82) is 0 Å². The first-order chi connectivity index (χ1) is 6.33. The van der Waals surface area contributed by atoms with Gasteiger partial charge < -0.3 is 5.11 Å². The summed E-state index contributed by atoms with van der Waals surface area (Å²) < 4.78 is 1.23. The summed E-state index contributed by atoms with van der Waals surface area (Å²) in [4.78, 5) is 0. The molecule has 0 unspecified atom stereocenters. The molecule has 2 aromatic carbocycles. The van der Waals surface area contributed by atoms with E-state index in [1.165, 1.54) is 8.96 Å². The summed E-state index contributed by atoms with van der Waals surface area (Å²) in [6.07, 6.45) is 0. The highest BCUT2D eigenvalue weighted by Crippen LogP contribution is 2.23. The topological polar surface area (TPSA) is 20.2 Å². The molecule has 2 aromatic rings. The molecule has 0 saturated carbocycles. The lowest BCUT2D eigenvalue weighted by molar-refractivity contribution is 0.283. The van der Waals surface area contributed by atoms with Crippen molar-refractivity contribution in [2.24, 2.45) is 0 Å². The lowest BCUT2D eigenvalue weighted by Gasteiger charge is -2.04. The van der Waals surface area contributed by atoms with Gasteiger partial charge in [-0.1, -0.05) is 30.3 Å². The van der Waals surface area contributed by atoms with Crippen LogP contribution in [0.15, 0.2) is 36.4 Å². The first kappa shape index (κ1) is 8.97. The lowest BCUT2D eigenvalue weighted by Crippen LogP contribution is -1.87. The van der Waals surface area contributed by atoms with E-state index in [0.29, 0.717) is 0 Å². The molecule has 0 aliphatic heterocycles. The molecule has 1 N–H and O–H groups in total. The zero-order valence-electron chi connectivity index (χ0n) is 7.00. The Morgan fingerprint density at radius 1 is 1.00 bits per heavy atom. The first-order valence-electron chi connectivity index (χ1n) is 4.10. The van der Waals surface area contributed by atoms with Gasteiger partial charge in [0.05, 0.1) is 6.61 Å². The van der Waals surface area contributed by atoms with Crippen LogP contribution in [0, 0.1) is 3.57 Å². The minimum atomic E-state index is 0.109. The van der Waals surface area contributed by atoms with Gasteiger partial charge >= 0.3 is 0 Å². The van der Waals surface area contributed by atoms with Crippen molar-refractivity contribution < 1.29 is 5.11 Å². The number of halogens is 1. The third kappa shape index (κ3) is 1.56. The number of fused-ring (bicyclic) bond motifs is 1. The van der Waals surface area contributed by atoms with Crippen LogP contribution >= 0.6 is 22.6 Å². The number of hydrogen-bond acceptors (Lipinski definition) is 1. The quantitative estimate of drug-likeness (QED) is 0.798. The van der Waals surface area contributed by atoms with Crippen LogP contribution in [0.3, 0.4) is 0 Å². The average molecular weight is 284 g/mol. The fourth-order valence-corrected chi connectivity index (χ4v) is 2.11. The van der Waals surface area contributed by atoms with Crippen molar-refractivity contribution in [3.8, 4) is 0 Å². The van der Waals surface area contributed by atoms with Crippen molar-refractivity contribution in [2.75, 3.05) is 0 Å². The van der Waals surface area contributed by atoms with E-state index in [0.717, 1.165) is 10.9 Å². The highest BCUT2D eigenvalue weighted by atomic mass is 127. The van der Waals surface area contributed by atoms with E-state index in [1.807, 2.05) is 30.3 Å². The molecule has 0 amide bonds. The van der Waals surface area contributed by atoms with E-state index < -0.39 is 0 Å². The predicted octanol–water partition coefficient (Wildman–Crippen LogP) is 2.94. The molecule has 66 valence electrons. The Bertz CT molecular complexity index is 437. The van der Waals surface area contributed by atoms with Crippen molar-refractivity contribution in [3.05, 3.63) is 45.5 Å². The van der Waals surface area contributed by atoms with E-state index in [-0.39, 0.29) is 6.61 Å². The van der Waals surface area contributed by atoms with Gasteiger partial charge in [0.15, 0.2) is 0 Å². The van der Waals surface area contributed by atoms with Gasteiger partial charge in [0.2, 0.25) is 0 Å². The van der Waals surface area contributed by atoms with Gasteiger partial charge in [-0.2, -0.15) is 0 Å². The van der Waals surface area contributed by atoms with E-state index in [4.69, 9.17) is 5.11 Å². The van der Waals surface area contributed by atoms with Crippen LogP contribution in [-0.2, 0) is 6.61 Å². The van der Waals surface area contributed by atoms with Crippen LogP contribution in [-0.4, -0.2) is 5.11 Å². The fourth-order valence-electron chi connectivity index (χ4n) is 1.46. The zero-order chi connectivity index (χ0) is 9.26. The van der Waals surface area contributed by atoms with Crippen molar-refractivity contribution in [3.63, 3.8) is 0 Å². The molecule has 0 radical (unpaired) electrons. The maximum atomic E-state index is 9.12. The lowest BCUT2D eigenvalue weighted by atomic mass is 10.1. The van der Waals surface area contributed by atoms with Crippen molar-refractivity contribution in [1.82, 2.24) is 0 Å². The molecule has 0 fully saturated rings. The molecular formula is C11H9IO. The maximum Gasteiger partial charge on any atom is 0.0687 e. The first-order valence-corrected chi connectivity index (χ1v) is 5.18. The average Bonchev–Trinajstić information content (AvgIpc) is 2.19. The predicted molar refractivity (Wildman–Crippen MR) is 62.6 cm³/mol. The highest BCUT2D eigenvalue weighted by Gasteiger charge is 2.01. The molecule has 0 atom stereocenters. The third-order valence-corrected chi connectivity index (χ3v) is 3.07. The molecule has 0 saturated heterocycles. The normalized spacial score (nSPS) is 10.6. The van der Waals surface area contributed by atoms with Crippen molar-refractivity contribution >= 4 is 33.4 Å². The molecular weight excluding hydrogens is 275 g/mol. The largest absolute Gasteiger partial charge is 0.392 e. The Morgan fingerprint density at radius 3 is 2.38 bits per heavy atom. The van der Waals surface area contributed by atoms with Gasteiger partial charge in [-0.15, -0.1) is 0 Å². The van der Waals surface area contributed by atoms with Gasteiger partial charge in [-0.3, -0.25) is 0 Å². The van der Waals surface area contributed by atoms with Gasteiger partial charge in [-0.05, 0) is 45.0 Å². The van der Waals surface area contributed by atoms with Crippen molar-refractivity contribution in [2.45, 2.75) is 6.61 Å².